The van der Waals surface area contributed by atoms with Gasteiger partial charge >= 0.3 is 0 Å². The van der Waals surface area contributed by atoms with Crippen molar-refractivity contribution >= 4 is 5.69 Å². The number of benzene rings is 2. The lowest BCUT2D eigenvalue weighted by molar-refractivity contribution is 0.381. The Morgan fingerprint density at radius 1 is 1.12 bits per heavy atom. The van der Waals surface area contributed by atoms with E-state index in [2.05, 4.69) is 82.8 Å². The molecular formula is C24H33NO. The van der Waals surface area contributed by atoms with Crippen LogP contribution in [0.4, 0.5) is 5.69 Å². The summed E-state index contributed by atoms with van der Waals surface area (Å²) >= 11 is 0. The third kappa shape index (κ3) is 3.11. The average molecular weight is 352 g/mol. The largest absolute Gasteiger partial charge is 0.497 e. The van der Waals surface area contributed by atoms with Gasteiger partial charge in [-0.1, -0.05) is 45.0 Å². The van der Waals surface area contributed by atoms with Gasteiger partial charge in [0.15, 0.2) is 0 Å². The Labute approximate surface area is 159 Å². The minimum atomic E-state index is -0.0756. The molecule has 2 nitrogen and oxygen atoms in total. The van der Waals surface area contributed by atoms with E-state index in [0.717, 1.165) is 12.3 Å². The molecule has 1 unspecified atom stereocenters. The number of rotatable bonds is 4. The topological polar surface area (TPSA) is 12.5 Å². The predicted octanol–water partition coefficient (Wildman–Crippen LogP) is 6.13. The monoisotopic (exact) mass is 351 g/mol. The quantitative estimate of drug-likeness (QED) is 0.656. The maximum absolute atomic E-state index is 5.44. The number of ether oxygens (including phenoxy) is 1. The summed E-state index contributed by atoms with van der Waals surface area (Å²) in [5.74, 6) is 1.51. The van der Waals surface area contributed by atoms with E-state index in [0.29, 0.717) is 5.92 Å². The van der Waals surface area contributed by atoms with Gasteiger partial charge < -0.3 is 9.64 Å². The number of methoxy groups -OCH3 is 1. The Bertz CT molecular complexity index is 791. The summed E-state index contributed by atoms with van der Waals surface area (Å²) in [5.41, 5.74) is 5.64. The van der Waals surface area contributed by atoms with Crippen LogP contribution in [0.1, 0.15) is 70.6 Å². The molecular weight excluding hydrogens is 318 g/mol. The highest BCUT2D eigenvalue weighted by atomic mass is 16.5. The van der Waals surface area contributed by atoms with E-state index in [1.165, 1.54) is 28.8 Å². The first-order valence-corrected chi connectivity index (χ1v) is 9.77. The lowest BCUT2D eigenvalue weighted by Gasteiger charge is -2.47. The molecule has 0 saturated carbocycles. The van der Waals surface area contributed by atoms with Crippen LogP contribution in [0.5, 0.6) is 5.75 Å². The lowest BCUT2D eigenvalue weighted by atomic mass is 9.75. The fourth-order valence-corrected chi connectivity index (χ4v) is 4.66. The molecule has 0 spiro atoms. The highest BCUT2D eigenvalue weighted by Gasteiger charge is 2.36. The van der Waals surface area contributed by atoms with Crippen molar-refractivity contribution in [1.82, 2.24) is 0 Å². The molecule has 1 aliphatic heterocycles. The molecule has 0 N–H and O–H groups in total. The van der Waals surface area contributed by atoms with Crippen LogP contribution in [0.15, 0.2) is 42.5 Å². The number of fused-ring (bicyclic) bond motifs is 1. The number of anilines is 1. The maximum Gasteiger partial charge on any atom is 0.119 e. The summed E-state index contributed by atoms with van der Waals surface area (Å²) in [6.07, 6.45) is 1.20. The van der Waals surface area contributed by atoms with Crippen molar-refractivity contribution < 1.29 is 4.74 Å². The van der Waals surface area contributed by atoms with Gasteiger partial charge in [0, 0.05) is 23.2 Å². The summed E-state index contributed by atoms with van der Waals surface area (Å²) in [7, 11) is 1.73. The summed E-state index contributed by atoms with van der Waals surface area (Å²) in [6, 6.07) is 15.6. The number of hydrogen-bond acceptors (Lipinski definition) is 2. The SMILES string of the molecule is CCN1c2cc(C(C)(C)c3cccc(OC)c3)ccc2C(C)CC1(C)C. The zero-order chi connectivity index (χ0) is 19.1. The Hall–Kier alpha value is -1.96. The van der Waals surface area contributed by atoms with E-state index >= 15 is 0 Å². The smallest absolute Gasteiger partial charge is 0.119 e. The number of nitrogens with zero attached hydrogens (tertiary/aromatic N) is 1. The molecule has 1 atom stereocenters. The Morgan fingerprint density at radius 3 is 2.46 bits per heavy atom. The highest BCUT2D eigenvalue weighted by Crippen LogP contribution is 2.45. The molecule has 0 saturated heterocycles. The van der Waals surface area contributed by atoms with Gasteiger partial charge in [-0.15, -0.1) is 0 Å². The van der Waals surface area contributed by atoms with Crippen molar-refractivity contribution in [2.24, 2.45) is 0 Å². The molecule has 0 fully saturated rings. The second kappa shape index (κ2) is 6.64. The average Bonchev–Trinajstić information content (AvgIpc) is 2.60. The normalized spacial score (nSPS) is 19.2. The molecule has 0 aliphatic carbocycles. The molecule has 0 radical (unpaired) electrons. The Balaban J connectivity index is 2.10. The van der Waals surface area contributed by atoms with E-state index in [4.69, 9.17) is 4.74 Å². The number of hydrogen-bond donors (Lipinski definition) is 0. The second-order valence-corrected chi connectivity index (χ2v) is 8.79. The molecule has 2 heteroatoms. The lowest BCUT2D eigenvalue weighted by Crippen LogP contribution is -2.48. The van der Waals surface area contributed by atoms with Crippen LogP contribution < -0.4 is 9.64 Å². The Morgan fingerprint density at radius 2 is 1.81 bits per heavy atom. The van der Waals surface area contributed by atoms with Gasteiger partial charge in [0.25, 0.3) is 0 Å². The Kier molecular flexibility index (Phi) is 4.81. The van der Waals surface area contributed by atoms with Gasteiger partial charge in [0.05, 0.1) is 7.11 Å². The summed E-state index contributed by atoms with van der Waals surface area (Å²) < 4.78 is 5.44. The minimum Gasteiger partial charge on any atom is -0.497 e. The van der Waals surface area contributed by atoms with Gasteiger partial charge in [-0.25, -0.2) is 0 Å². The molecule has 1 heterocycles. The molecule has 0 bridgehead atoms. The van der Waals surface area contributed by atoms with Gasteiger partial charge in [-0.3, -0.25) is 0 Å². The zero-order valence-electron chi connectivity index (χ0n) is 17.4. The second-order valence-electron chi connectivity index (χ2n) is 8.79. The van der Waals surface area contributed by atoms with E-state index < -0.39 is 0 Å². The fraction of sp³-hybridized carbons (Fsp3) is 0.500. The van der Waals surface area contributed by atoms with Crippen LogP contribution in [-0.2, 0) is 5.41 Å². The molecule has 2 aromatic carbocycles. The van der Waals surface area contributed by atoms with Gasteiger partial charge in [-0.2, -0.15) is 0 Å². The summed E-state index contributed by atoms with van der Waals surface area (Å²) in [6.45, 7) is 15.0. The minimum absolute atomic E-state index is 0.0756. The molecule has 1 aliphatic rings. The van der Waals surface area contributed by atoms with Crippen molar-refractivity contribution in [2.75, 3.05) is 18.6 Å². The molecule has 2 aromatic rings. The zero-order valence-corrected chi connectivity index (χ0v) is 17.4. The van der Waals surface area contributed by atoms with Crippen LogP contribution in [0, 0.1) is 0 Å². The van der Waals surface area contributed by atoms with Crippen LogP contribution in [0.3, 0.4) is 0 Å². The first kappa shape index (κ1) is 18.8. The standard InChI is InChI=1S/C24H33NO/c1-8-25-22-15-19(12-13-21(22)17(2)16-23(25,3)4)24(5,6)18-10-9-11-20(14-18)26-7/h9-15,17H,8,16H2,1-7H3. The van der Waals surface area contributed by atoms with E-state index in [1.54, 1.807) is 7.11 Å². The highest BCUT2D eigenvalue weighted by molar-refractivity contribution is 5.62. The third-order valence-corrected chi connectivity index (χ3v) is 6.22. The van der Waals surface area contributed by atoms with E-state index in [-0.39, 0.29) is 11.0 Å². The van der Waals surface area contributed by atoms with Crippen LogP contribution in [0.25, 0.3) is 0 Å². The van der Waals surface area contributed by atoms with Crippen molar-refractivity contribution in [3.05, 3.63) is 59.2 Å². The molecule has 0 amide bonds. The van der Waals surface area contributed by atoms with Crippen LogP contribution >= 0.6 is 0 Å². The molecule has 26 heavy (non-hydrogen) atoms. The van der Waals surface area contributed by atoms with Crippen LogP contribution in [0.2, 0.25) is 0 Å². The van der Waals surface area contributed by atoms with Crippen LogP contribution in [-0.4, -0.2) is 19.2 Å². The molecule has 0 aromatic heterocycles. The van der Waals surface area contributed by atoms with Crippen molar-refractivity contribution in [1.29, 1.82) is 0 Å². The van der Waals surface area contributed by atoms with Crippen molar-refractivity contribution in [3.63, 3.8) is 0 Å². The van der Waals surface area contributed by atoms with Gasteiger partial charge in [0.2, 0.25) is 0 Å². The van der Waals surface area contributed by atoms with Gasteiger partial charge in [-0.05, 0) is 68.0 Å². The summed E-state index contributed by atoms with van der Waals surface area (Å²) in [4.78, 5) is 2.58. The van der Waals surface area contributed by atoms with E-state index in [9.17, 15) is 0 Å². The molecule has 3 rings (SSSR count). The maximum atomic E-state index is 5.44. The first-order chi connectivity index (χ1) is 12.2. The molecule has 140 valence electrons. The first-order valence-electron chi connectivity index (χ1n) is 9.77. The fourth-order valence-electron chi connectivity index (χ4n) is 4.66. The van der Waals surface area contributed by atoms with Crippen molar-refractivity contribution in [3.8, 4) is 5.75 Å². The predicted molar refractivity (Wildman–Crippen MR) is 112 cm³/mol. The third-order valence-electron chi connectivity index (χ3n) is 6.22. The van der Waals surface area contributed by atoms with Gasteiger partial charge in [0.1, 0.15) is 5.75 Å². The van der Waals surface area contributed by atoms with Crippen molar-refractivity contribution in [2.45, 2.75) is 64.8 Å². The van der Waals surface area contributed by atoms with E-state index in [1.807, 2.05) is 6.07 Å². The summed E-state index contributed by atoms with van der Waals surface area (Å²) in [5, 5.41) is 0.